The third kappa shape index (κ3) is 1.89. The van der Waals surface area contributed by atoms with Gasteiger partial charge in [-0.1, -0.05) is 19.9 Å². The van der Waals surface area contributed by atoms with Gasteiger partial charge >= 0.3 is 0 Å². The summed E-state index contributed by atoms with van der Waals surface area (Å²) in [5.74, 6) is 0.696. The second-order valence-electron chi connectivity index (χ2n) is 5.87. The molecule has 1 fully saturated rings. The maximum Gasteiger partial charge on any atom is 0.243 e. The first-order valence-corrected chi connectivity index (χ1v) is 6.63. The highest BCUT2D eigenvalue weighted by molar-refractivity contribution is 5.50. The largest absolute Gasteiger partial charge is 0.381 e. The molecule has 2 heterocycles. The fourth-order valence-electron chi connectivity index (χ4n) is 2.79. The highest BCUT2D eigenvalue weighted by Gasteiger charge is 2.48. The first kappa shape index (κ1) is 12.4. The van der Waals surface area contributed by atoms with Gasteiger partial charge in [0.1, 0.15) is 0 Å². The molecule has 0 spiro atoms. The first-order chi connectivity index (χ1) is 9.02. The summed E-state index contributed by atoms with van der Waals surface area (Å²) < 4.78 is 7.28. The lowest BCUT2D eigenvalue weighted by atomic mass is 9.64. The van der Waals surface area contributed by atoms with Gasteiger partial charge in [0, 0.05) is 24.8 Å². The van der Waals surface area contributed by atoms with Gasteiger partial charge in [0.05, 0.1) is 6.10 Å². The van der Waals surface area contributed by atoms with Crippen LogP contribution in [0.1, 0.15) is 25.8 Å². The average Bonchev–Trinajstić information content (AvgIpc) is 2.78. The van der Waals surface area contributed by atoms with Crippen LogP contribution >= 0.6 is 0 Å². The first-order valence-electron chi connectivity index (χ1n) is 6.63. The highest BCUT2D eigenvalue weighted by Crippen LogP contribution is 2.43. The predicted octanol–water partition coefficient (Wildman–Crippen LogP) is 2.26. The fraction of sp³-hybridized carbons (Fsp3) is 0.571. The predicted molar refractivity (Wildman–Crippen MR) is 74.3 cm³/mol. The molecule has 0 aliphatic heterocycles. The van der Waals surface area contributed by atoms with E-state index in [1.165, 1.54) is 0 Å². The molecule has 2 atom stereocenters. The zero-order valence-corrected chi connectivity index (χ0v) is 11.8. The second kappa shape index (κ2) is 4.20. The van der Waals surface area contributed by atoms with Gasteiger partial charge in [-0.3, -0.25) is 0 Å². The van der Waals surface area contributed by atoms with Crippen molar-refractivity contribution in [1.29, 1.82) is 0 Å². The van der Waals surface area contributed by atoms with E-state index in [9.17, 15) is 0 Å². The molecular weight excluding hydrogens is 240 g/mol. The molecule has 0 aromatic carbocycles. The smallest absolute Gasteiger partial charge is 0.243 e. The van der Waals surface area contributed by atoms with Crippen LogP contribution in [0.5, 0.6) is 0 Å². The van der Waals surface area contributed by atoms with E-state index in [0.717, 1.165) is 17.6 Å². The Balaban J connectivity index is 1.82. The summed E-state index contributed by atoms with van der Waals surface area (Å²) >= 11 is 0. The standard InChI is InChI=1S/C14H20N4O/c1-9-6-5-7-18-12(9)16-13(17-18)15-10-8-11(19-4)14(10,2)3/h5-7,10-11H,8H2,1-4H3,(H,15,17). The molecule has 5 nitrogen and oxygen atoms in total. The normalized spacial score (nSPS) is 25.3. The molecule has 1 saturated carbocycles. The minimum Gasteiger partial charge on any atom is -0.381 e. The molecule has 19 heavy (non-hydrogen) atoms. The molecule has 0 bridgehead atoms. The van der Waals surface area contributed by atoms with Gasteiger partial charge in [-0.15, -0.1) is 5.10 Å². The van der Waals surface area contributed by atoms with E-state index in [1.807, 2.05) is 29.8 Å². The molecule has 1 aliphatic rings. The van der Waals surface area contributed by atoms with Gasteiger partial charge in [-0.25, -0.2) is 4.52 Å². The van der Waals surface area contributed by atoms with Crippen molar-refractivity contribution in [2.75, 3.05) is 12.4 Å². The quantitative estimate of drug-likeness (QED) is 0.919. The number of fused-ring (bicyclic) bond motifs is 1. The van der Waals surface area contributed by atoms with E-state index >= 15 is 0 Å². The lowest BCUT2D eigenvalue weighted by Gasteiger charge is -2.51. The molecule has 0 radical (unpaired) electrons. The summed E-state index contributed by atoms with van der Waals surface area (Å²) in [4.78, 5) is 4.55. The van der Waals surface area contributed by atoms with Crippen LogP contribution in [0.4, 0.5) is 5.95 Å². The van der Waals surface area contributed by atoms with Crippen molar-refractivity contribution in [3.63, 3.8) is 0 Å². The van der Waals surface area contributed by atoms with Crippen LogP contribution < -0.4 is 5.32 Å². The Morgan fingerprint density at radius 3 is 2.89 bits per heavy atom. The second-order valence-corrected chi connectivity index (χ2v) is 5.87. The summed E-state index contributed by atoms with van der Waals surface area (Å²) in [7, 11) is 1.77. The van der Waals surface area contributed by atoms with E-state index in [2.05, 4.69) is 29.2 Å². The molecule has 102 valence electrons. The monoisotopic (exact) mass is 260 g/mol. The molecule has 5 heteroatoms. The number of anilines is 1. The number of rotatable bonds is 3. The Kier molecular flexibility index (Phi) is 2.74. The fourth-order valence-corrected chi connectivity index (χ4v) is 2.79. The summed E-state index contributed by atoms with van der Waals surface area (Å²) in [5, 5.41) is 7.89. The lowest BCUT2D eigenvalue weighted by molar-refractivity contribution is -0.0796. The third-order valence-corrected chi connectivity index (χ3v) is 4.32. The Bertz CT molecular complexity index is 605. The number of pyridine rings is 1. The minimum absolute atomic E-state index is 0.112. The maximum absolute atomic E-state index is 5.46. The summed E-state index contributed by atoms with van der Waals surface area (Å²) in [6.07, 6.45) is 3.23. The van der Waals surface area contributed by atoms with Gasteiger partial charge in [0.15, 0.2) is 5.65 Å². The average molecular weight is 260 g/mol. The van der Waals surface area contributed by atoms with Crippen LogP contribution in [0.2, 0.25) is 0 Å². The van der Waals surface area contributed by atoms with Crippen molar-refractivity contribution in [1.82, 2.24) is 14.6 Å². The summed E-state index contributed by atoms with van der Waals surface area (Å²) in [6, 6.07) is 4.38. The Hall–Kier alpha value is -1.62. The molecule has 0 saturated heterocycles. The van der Waals surface area contributed by atoms with Crippen LogP contribution in [0.25, 0.3) is 5.65 Å². The number of hydrogen-bond donors (Lipinski definition) is 1. The van der Waals surface area contributed by atoms with E-state index in [4.69, 9.17) is 4.74 Å². The molecule has 3 rings (SSSR count). The molecule has 1 aliphatic carbocycles. The van der Waals surface area contributed by atoms with Crippen molar-refractivity contribution in [2.45, 2.75) is 39.3 Å². The van der Waals surface area contributed by atoms with Crippen molar-refractivity contribution < 1.29 is 4.74 Å². The molecule has 2 unspecified atom stereocenters. The Morgan fingerprint density at radius 1 is 1.47 bits per heavy atom. The van der Waals surface area contributed by atoms with E-state index in [0.29, 0.717) is 18.1 Å². The number of ether oxygens (including phenoxy) is 1. The van der Waals surface area contributed by atoms with Crippen LogP contribution in [-0.4, -0.2) is 33.9 Å². The van der Waals surface area contributed by atoms with Crippen LogP contribution in [0.15, 0.2) is 18.3 Å². The molecule has 1 N–H and O–H groups in total. The van der Waals surface area contributed by atoms with Gasteiger partial charge < -0.3 is 10.1 Å². The van der Waals surface area contributed by atoms with Gasteiger partial charge in [0.2, 0.25) is 5.95 Å². The SMILES string of the molecule is COC1CC(Nc2nc3c(C)cccn3n2)C1(C)C. The van der Waals surface area contributed by atoms with Gasteiger partial charge in [-0.2, -0.15) is 4.98 Å². The van der Waals surface area contributed by atoms with Crippen molar-refractivity contribution in [3.05, 3.63) is 23.9 Å². The highest BCUT2D eigenvalue weighted by atomic mass is 16.5. The molecular formula is C14H20N4O. The Labute approximate surface area is 113 Å². The number of hydrogen-bond acceptors (Lipinski definition) is 4. The van der Waals surface area contributed by atoms with E-state index in [1.54, 1.807) is 7.11 Å². The van der Waals surface area contributed by atoms with Crippen LogP contribution in [0, 0.1) is 12.3 Å². The van der Waals surface area contributed by atoms with E-state index in [-0.39, 0.29) is 5.41 Å². The van der Waals surface area contributed by atoms with E-state index < -0.39 is 0 Å². The number of aryl methyl sites for hydroxylation is 1. The lowest BCUT2D eigenvalue weighted by Crippen LogP contribution is -2.57. The third-order valence-electron chi connectivity index (χ3n) is 4.32. The summed E-state index contributed by atoms with van der Waals surface area (Å²) in [6.45, 7) is 6.47. The molecule has 2 aromatic rings. The van der Waals surface area contributed by atoms with Crippen molar-refractivity contribution >= 4 is 11.6 Å². The number of nitrogens with zero attached hydrogens (tertiary/aromatic N) is 3. The van der Waals surface area contributed by atoms with Gasteiger partial charge in [-0.05, 0) is 25.0 Å². The topological polar surface area (TPSA) is 51.5 Å². The number of methoxy groups -OCH3 is 1. The van der Waals surface area contributed by atoms with Crippen LogP contribution in [-0.2, 0) is 4.74 Å². The van der Waals surface area contributed by atoms with Crippen molar-refractivity contribution in [3.8, 4) is 0 Å². The molecule has 2 aromatic heterocycles. The molecule has 0 amide bonds. The number of aromatic nitrogens is 3. The minimum atomic E-state index is 0.112. The maximum atomic E-state index is 5.46. The Morgan fingerprint density at radius 2 is 2.26 bits per heavy atom. The number of nitrogens with one attached hydrogen (secondary N) is 1. The summed E-state index contributed by atoms with van der Waals surface area (Å²) in [5.41, 5.74) is 2.15. The zero-order valence-electron chi connectivity index (χ0n) is 11.8. The van der Waals surface area contributed by atoms with Crippen LogP contribution in [0.3, 0.4) is 0 Å². The van der Waals surface area contributed by atoms with Crippen molar-refractivity contribution in [2.24, 2.45) is 5.41 Å². The zero-order chi connectivity index (χ0) is 13.6. The van der Waals surface area contributed by atoms with Gasteiger partial charge in [0.25, 0.3) is 0 Å².